The molecule has 0 aliphatic rings. The summed E-state index contributed by atoms with van der Waals surface area (Å²) in [4.78, 5) is 17.9. The van der Waals surface area contributed by atoms with Gasteiger partial charge in [0.25, 0.3) is 0 Å². The Morgan fingerprint density at radius 1 is 1.04 bits per heavy atom. The molecule has 0 saturated carbocycles. The second-order valence-electron chi connectivity index (χ2n) is 4.55. The van der Waals surface area contributed by atoms with Gasteiger partial charge < -0.3 is 9.40 Å². The fourth-order valence-corrected chi connectivity index (χ4v) is 2.45. The van der Waals surface area contributed by atoms with Crippen molar-refractivity contribution in [1.29, 1.82) is 0 Å². The Bertz CT molecular complexity index is 849. The number of aromatic nitrogens is 2. The number of oxazole rings is 1. The van der Waals surface area contributed by atoms with Gasteiger partial charge >= 0.3 is 5.51 Å². The van der Waals surface area contributed by atoms with Gasteiger partial charge in [0.05, 0.1) is 5.56 Å². The fraction of sp³-hybridized carbons (Fsp3) is 0.0667. The van der Waals surface area contributed by atoms with Crippen molar-refractivity contribution in [3.05, 3.63) is 59.2 Å². The van der Waals surface area contributed by atoms with Crippen LogP contribution >= 0.6 is 11.8 Å². The molecule has 1 N–H and O–H groups in total. The molecule has 0 unspecified atom stereocenters. The number of nitrogens with zero attached hydrogens (tertiary/aromatic N) is 1. The van der Waals surface area contributed by atoms with E-state index in [-0.39, 0.29) is 22.2 Å². The number of hydrogen-bond donors (Lipinski definition) is 1. The van der Waals surface area contributed by atoms with Crippen LogP contribution in [0.15, 0.2) is 63.0 Å². The molecule has 0 amide bonds. The lowest BCUT2D eigenvalue weighted by Crippen LogP contribution is -2.01. The average molecular weight is 338 g/mol. The minimum absolute atomic E-state index is 0.102. The number of hydrogen-bond acceptors (Lipinski definition) is 4. The zero-order valence-corrected chi connectivity index (χ0v) is 12.2. The largest absolute Gasteiger partial charge is 0.446 e. The molecule has 0 atom stereocenters. The molecule has 0 aliphatic heterocycles. The average Bonchev–Trinajstić information content (AvgIpc) is 2.97. The SMILES string of the molecule is O=c1ccc(-c2nc(-c3ccc(SC(F)(F)F)cc3)co2)c[nH]1. The van der Waals surface area contributed by atoms with Crippen LogP contribution in [0.1, 0.15) is 0 Å². The molecular formula is C15H9F3N2O2S. The van der Waals surface area contributed by atoms with Crippen LogP contribution in [0, 0.1) is 0 Å². The van der Waals surface area contributed by atoms with Crippen LogP contribution in [0.5, 0.6) is 0 Å². The van der Waals surface area contributed by atoms with Crippen molar-refractivity contribution >= 4 is 11.8 Å². The number of pyridine rings is 1. The molecule has 0 spiro atoms. The number of alkyl halides is 3. The third-order valence-electron chi connectivity index (χ3n) is 2.92. The van der Waals surface area contributed by atoms with E-state index in [1.165, 1.54) is 30.7 Å². The highest BCUT2D eigenvalue weighted by Gasteiger charge is 2.29. The molecule has 2 heterocycles. The van der Waals surface area contributed by atoms with Gasteiger partial charge in [0.1, 0.15) is 12.0 Å². The van der Waals surface area contributed by atoms with Gasteiger partial charge in [0.15, 0.2) is 0 Å². The van der Waals surface area contributed by atoms with Crippen LogP contribution in [0.3, 0.4) is 0 Å². The van der Waals surface area contributed by atoms with E-state index in [4.69, 9.17) is 4.42 Å². The number of halogens is 3. The van der Waals surface area contributed by atoms with E-state index >= 15 is 0 Å². The van der Waals surface area contributed by atoms with Crippen LogP contribution in [-0.2, 0) is 0 Å². The second kappa shape index (κ2) is 5.96. The summed E-state index contributed by atoms with van der Waals surface area (Å²) in [5.41, 5.74) is -2.82. The Morgan fingerprint density at radius 3 is 2.35 bits per heavy atom. The maximum Gasteiger partial charge on any atom is 0.446 e. The highest BCUT2D eigenvalue weighted by atomic mass is 32.2. The van der Waals surface area contributed by atoms with E-state index in [2.05, 4.69) is 9.97 Å². The topological polar surface area (TPSA) is 58.9 Å². The van der Waals surface area contributed by atoms with Gasteiger partial charge in [-0.2, -0.15) is 13.2 Å². The second-order valence-corrected chi connectivity index (χ2v) is 5.69. The van der Waals surface area contributed by atoms with E-state index in [0.29, 0.717) is 22.7 Å². The summed E-state index contributed by atoms with van der Waals surface area (Å²) in [6, 6.07) is 8.76. The Hall–Kier alpha value is -2.48. The first-order chi connectivity index (χ1) is 10.9. The lowest BCUT2D eigenvalue weighted by molar-refractivity contribution is -0.0328. The summed E-state index contributed by atoms with van der Waals surface area (Å²) in [7, 11) is 0. The third-order valence-corrected chi connectivity index (χ3v) is 3.66. The van der Waals surface area contributed by atoms with Crippen molar-refractivity contribution in [1.82, 2.24) is 9.97 Å². The van der Waals surface area contributed by atoms with Gasteiger partial charge in [-0.3, -0.25) is 4.79 Å². The molecule has 0 fully saturated rings. The summed E-state index contributed by atoms with van der Waals surface area (Å²) >= 11 is -0.170. The molecular weight excluding hydrogens is 329 g/mol. The van der Waals surface area contributed by atoms with E-state index < -0.39 is 5.51 Å². The van der Waals surface area contributed by atoms with E-state index in [1.54, 1.807) is 18.2 Å². The predicted octanol–water partition coefficient (Wildman–Crippen LogP) is 4.31. The van der Waals surface area contributed by atoms with Crippen molar-refractivity contribution < 1.29 is 17.6 Å². The highest BCUT2D eigenvalue weighted by Crippen LogP contribution is 2.37. The number of H-pyrrole nitrogens is 1. The first-order valence-electron chi connectivity index (χ1n) is 6.41. The zero-order valence-electron chi connectivity index (χ0n) is 11.4. The van der Waals surface area contributed by atoms with Crippen molar-refractivity contribution in [3.8, 4) is 22.7 Å². The molecule has 2 aromatic heterocycles. The Balaban J connectivity index is 1.83. The summed E-state index contributed by atoms with van der Waals surface area (Å²) in [5, 5.41) is 0. The molecule has 118 valence electrons. The quantitative estimate of drug-likeness (QED) is 0.723. The van der Waals surface area contributed by atoms with Gasteiger partial charge in [-0.1, -0.05) is 12.1 Å². The molecule has 1 aromatic carbocycles. The third kappa shape index (κ3) is 3.84. The predicted molar refractivity (Wildman–Crippen MR) is 79.9 cm³/mol. The van der Waals surface area contributed by atoms with E-state index in [9.17, 15) is 18.0 Å². The first kappa shape index (κ1) is 15.4. The van der Waals surface area contributed by atoms with Crippen LogP contribution in [0.25, 0.3) is 22.7 Å². The maximum atomic E-state index is 12.3. The minimum atomic E-state index is -4.31. The van der Waals surface area contributed by atoms with Gasteiger partial charge in [-0.05, 0) is 30.0 Å². The molecule has 4 nitrogen and oxygen atoms in total. The molecule has 23 heavy (non-hydrogen) atoms. The first-order valence-corrected chi connectivity index (χ1v) is 7.23. The number of aromatic amines is 1. The molecule has 3 aromatic rings. The lowest BCUT2D eigenvalue weighted by atomic mass is 10.2. The van der Waals surface area contributed by atoms with Gasteiger partial charge in [-0.15, -0.1) is 0 Å². The summed E-state index contributed by atoms with van der Waals surface area (Å²) in [6.07, 6.45) is 2.88. The Labute approximate surface area is 132 Å². The number of rotatable bonds is 3. The number of thioether (sulfide) groups is 1. The van der Waals surface area contributed by atoms with Gasteiger partial charge in [-0.25, -0.2) is 4.98 Å². The van der Waals surface area contributed by atoms with Crippen molar-refractivity contribution in [2.75, 3.05) is 0 Å². The normalized spacial score (nSPS) is 11.6. The molecule has 0 aliphatic carbocycles. The van der Waals surface area contributed by atoms with E-state index in [0.717, 1.165) is 0 Å². The maximum absolute atomic E-state index is 12.3. The van der Waals surface area contributed by atoms with Gasteiger partial charge in [0, 0.05) is 22.7 Å². The molecule has 0 bridgehead atoms. The summed E-state index contributed by atoms with van der Waals surface area (Å²) in [6.45, 7) is 0. The van der Waals surface area contributed by atoms with Crippen LogP contribution in [-0.4, -0.2) is 15.5 Å². The van der Waals surface area contributed by atoms with Crippen molar-refractivity contribution in [2.45, 2.75) is 10.4 Å². The molecule has 3 rings (SSSR count). The zero-order chi connectivity index (χ0) is 16.4. The Morgan fingerprint density at radius 2 is 1.74 bits per heavy atom. The van der Waals surface area contributed by atoms with Crippen LogP contribution < -0.4 is 5.56 Å². The highest BCUT2D eigenvalue weighted by molar-refractivity contribution is 8.00. The molecule has 0 radical (unpaired) electrons. The fourth-order valence-electron chi connectivity index (χ4n) is 1.91. The van der Waals surface area contributed by atoms with Gasteiger partial charge in [0.2, 0.25) is 11.4 Å². The Kier molecular flexibility index (Phi) is 3.99. The monoisotopic (exact) mass is 338 g/mol. The smallest absolute Gasteiger partial charge is 0.444 e. The number of benzene rings is 1. The van der Waals surface area contributed by atoms with E-state index in [1.807, 2.05) is 0 Å². The molecule has 0 saturated heterocycles. The van der Waals surface area contributed by atoms with Crippen molar-refractivity contribution in [3.63, 3.8) is 0 Å². The summed E-state index contributed by atoms with van der Waals surface area (Å²) in [5.74, 6) is 0.310. The lowest BCUT2D eigenvalue weighted by Gasteiger charge is -2.05. The van der Waals surface area contributed by atoms with Crippen LogP contribution in [0.4, 0.5) is 13.2 Å². The molecule has 8 heteroatoms. The standard InChI is InChI=1S/C15H9F3N2O2S/c16-15(17,18)23-11-4-1-9(2-5-11)12-8-22-14(20-12)10-3-6-13(21)19-7-10/h1-8H,(H,19,21). The van der Waals surface area contributed by atoms with Crippen molar-refractivity contribution in [2.24, 2.45) is 0 Å². The van der Waals surface area contributed by atoms with Crippen LogP contribution in [0.2, 0.25) is 0 Å². The summed E-state index contributed by atoms with van der Waals surface area (Å²) < 4.78 is 42.2. The minimum Gasteiger partial charge on any atom is -0.444 e. The number of nitrogens with one attached hydrogen (secondary N) is 1.